The van der Waals surface area contributed by atoms with Crippen molar-refractivity contribution >= 4 is 5.91 Å². The third kappa shape index (κ3) is 5.74. The fourth-order valence-corrected chi connectivity index (χ4v) is 3.57. The average molecular weight is 430 g/mol. The fourth-order valence-electron chi connectivity index (χ4n) is 3.57. The number of aromatic nitrogens is 1. The van der Waals surface area contributed by atoms with Gasteiger partial charge in [-0.15, -0.1) is 0 Å². The van der Waals surface area contributed by atoms with Crippen LogP contribution in [0, 0.1) is 13.8 Å². The number of nitrogens with zero attached hydrogens (tertiary/aromatic N) is 2. The van der Waals surface area contributed by atoms with Crippen LogP contribution in [0.5, 0.6) is 0 Å². The first-order valence-corrected chi connectivity index (χ1v) is 10.6. The number of amides is 1. The van der Waals surface area contributed by atoms with Gasteiger partial charge >= 0.3 is 0 Å². The third-order valence-corrected chi connectivity index (χ3v) is 5.29. The van der Waals surface area contributed by atoms with E-state index < -0.39 is 0 Å². The molecule has 0 aliphatic heterocycles. The Morgan fingerprint density at radius 1 is 0.969 bits per heavy atom. The minimum atomic E-state index is -0.291. The first-order valence-electron chi connectivity index (χ1n) is 10.6. The van der Waals surface area contributed by atoms with Gasteiger partial charge in [-0.3, -0.25) is 9.69 Å². The Hall–Kier alpha value is -3.64. The van der Waals surface area contributed by atoms with E-state index in [0.29, 0.717) is 24.7 Å². The predicted molar refractivity (Wildman–Crippen MR) is 122 cm³/mol. The van der Waals surface area contributed by atoms with Crippen LogP contribution >= 0.6 is 0 Å². The van der Waals surface area contributed by atoms with Gasteiger partial charge in [0.25, 0.3) is 5.91 Å². The lowest BCUT2D eigenvalue weighted by atomic mass is 10.0. The highest BCUT2D eigenvalue weighted by Crippen LogP contribution is 2.18. The molecule has 0 atom stereocenters. The van der Waals surface area contributed by atoms with E-state index in [2.05, 4.69) is 59.4 Å². The van der Waals surface area contributed by atoms with Gasteiger partial charge in [-0.25, -0.2) is 4.98 Å². The number of nitrogens with one attached hydrogen (secondary N) is 1. The van der Waals surface area contributed by atoms with Crippen molar-refractivity contribution in [2.24, 2.45) is 0 Å². The molecule has 2 heterocycles. The van der Waals surface area contributed by atoms with Crippen LogP contribution in [0.15, 0.2) is 82.0 Å². The van der Waals surface area contributed by atoms with E-state index in [-0.39, 0.29) is 11.6 Å². The molecule has 2 aromatic carbocycles. The van der Waals surface area contributed by atoms with Crippen molar-refractivity contribution in [1.82, 2.24) is 15.2 Å². The van der Waals surface area contributed by atoms with Crippen LogP contribution in [-0.4, -0.2) is 15.8 Å². The van der Waals surface area contributed by atoms with Gasteiger partial charge in [0.1, 0.15) is 12.0 Å². The second-order valence-electron chi connectivity index (χ2n) is 7.95. The summed E-state index contributed by atoms with van der Waals surface area (Å²) in [6.07, 6.45) is 2.98. The first-order chi connectivity index (χ1) is 15.6. The van der Waals surface area contributed by atoms with Crippen LogP contribution in [0.3, 0.4) is 0 Å². The minimum Gasteiger partial charge on any atom is -0.467 e. The molecule has 2 aromatic heterocycles. The van der Waals surface area contributed by atoms with Gasteiger partial charge in [-0.1, -0.05) is 54.1 Å². The highest BCUT2D eigenvalue weighted by Gasteiger charge is 2.16. The summed E-state index contributed by atoms with van der Waals surface area (Å²) in [5.41, 5.74) is 5.22. The Bertz CT molecular complexity index is 1150. The number of carbonyl (C=O) groups is 1. The molecular weight excluding hydrogens is 402 g/mol. The summed E-state index contributed by atoms with van der Waals surface area (Å²) < 4.78 is 10.9. The number of benzene rings is 2. The van der Waals surface area contributed by atoms with Crippen LogP contribution < -0.4 is 5.32 Å². The standard InChI is InChI=1S/C26H27N3O3/c1-19-10-11-20(2)22(13-19)16-29(15-21-7-4-3-5-8-21)17-25-28-24(18-32-25)26(30)27-14-23-9-6-12-31-23/h3-13,18H,14-17H2,1-2H3,(H,27,30). The van der Waals surface area contributed by atoms with Gasteiger partial charge < -0.3 is 14.2 Å². The maximum Gasteiger partial charge on any atom is 0.273 e. The Morgan fingerprint density at radius 3 is 2.59 bits per heavy atom. The van der Waals surface area contributed by atoms with Gasteiger partial charge in [0.15, 0.2) is 5.69 Å². The molecule has 1 amide bonds. The summed E-state index contributed by atoms with van der Waals surface area (Å²) in [7, 11) is 0. The maximum absolute atomic E-state index is 12.4. The second kappa shape index (κ2) is 10.1. The van der Waals surface area contributed by atoms with Gasteiger partial charge in [0.2, 0.25) is 5.89 Å². The number of hydrogen-bond acceptors (Lipinski definition) is 5. The zero-order valence-corrected chi connectivity index (χ0v) is 18.4. The number of furan rings is 1. The summed E-state index contributed by atoms with van der Waals surface area (Å²) in [5.74, 6) is 0.902. The van der Waals surface area contributed by atoms with E-state index in [1.54, 1.807) is 12.3 Å². The Labute approximate surface area is 187 Å². The highest BCUT2D eigenvalue weighted by molar-refractivity contribution is 5.91. The van der Waals surface area contributed by atoms with Crippen LogP contribution in [0.2, 0.25) is 0 Å². The molecule has 0 saturated heterocycles. The largest absolute Gasteiger partial charge is 0.467 e. The van der Waals surface area contributed by atoms with Gasteiger partial charge in [0.05, 0.1) is 19.4 Å². The second-order valence-corrected chi connectivity index (χ2v) is 7.95. The number of aryl methyl sites for hydroxylation is 2. The molecule has 0 spiro atoms. The van der Waals surface area contributed by atoms with Crippen molar-refractivity contribution in [2.45, 2.75) is 40.0 Å². The lowest BCUT2D eigenvalue weighted by Gasteiger charge is -2.22. The maximum atomic E-state index is 12.4. The molecule has 0 saturated carbocycles. The van der Waals surface area contributed by atoms with E-state index >= 15 is 0 Å². The molecule has 4 aromatic rings. The number of oxazole rings is 1. The van der Waals surface area contributed by atoms with E-state index in [1.807, 2.05) is 24.3 Å². The third-order valence-electron chi connectivity index (χ3n) is 5.29. The molecule has 32 heavy (non-hydrogen) atoms. The lowest BCUT2D eigenvalue weighted by Crippen LogP contribution is -2.24. The lowest BCUT2D eigenvalue weighted by molar-refractivity contribution is 0.0943. The van der Waals surface area contributed by atoms with Crippen molar-refractivity contribution in [3.05, 3.63) is 113 Å². The van der Waals surface area contributed by atoms with Gasteiger partial charge in [0, 0.05) is 13.1 Å². The molecule has 0 aliphatic carbocycles. The molecule has 1 N–H and O–H groups in total. The molecule has 4 rings (SSSR count). The summed E-state index contributed by atoms with van der Waals surface area (Å²) in [5, 5.41) is 2.79. The van der Waals surface area contributed by atoms with Crippen molar-refractivity contribution in [3.63, 3.8) is 0 Å². The van der Waals surface area contributed by atoms with Crippen LogP contribution in [0.1, 0.15) is 44.4 Å². The Balaban J connectivity index is 1.46. The number of hydrogen-bond donors (Lipinski definition) is 1. The number of carbonyl (C=O) groups excluding carboxylic acids is 1. The van der Waals surface area contributed by atoms with E-state index in [0.717, 1.165) is 13.1 Å². The zero-order valence-electron chi connectivity index (χ0n) is 18.4. The molecule has 6 heteroatoms. The predicted octanol–water partition coefficient (Wildman–Crippen LogP) is 5.02. The molecule has 0 radical (unpaired) electrons. The normalized spacial score (nSPS) is 11.1. The molecular formula is C26H27N3O3. The Morgan fingerprint density at radius 2 is 1.81 bits per heavy atom. The van der Waals surface area contributed by atoms with Crippen LogP contribution in [-0.2, 0) is 26.2 Å². The topological polar surface area (TPSA) is 71.5 Å². The summed E-state index contributed by atoms with van der Waals surface area (Å²) in [6, 6.07) is 20.4. The van der Waals surface area contributed by atoms with E-state index in [1.165, 1.54) is 28.5 Å². The summed E-state index contributed by atoms with van der Waals surface area (Å²) >= 11 is 0. The molecule has 6 nitrogen and oxygen atoms in total. The van der Waals surface area contributed by atoms with E-state index in [4.69, 9.17) is 8.83 Å². The molecule has 0 fully saturated rings. The molecule has 164 valence electrons. The number of rotatable bonds is 9. The van der Waals surface area contributed by atoms with Crippen molar-refractivity contribution in [1.29, 1.82) is 0 Å². The zero-order chi connectivity index (χ0) is 22.3. The Kier molecular flexibility index (Phi) is 6.82. The minimum absolute atomic E-state index is 0.262. The average Bonchev–Trinajstić information content (AvgIpc) is 3.48. The van der Waals surface area contributed by atoms with Crippen molar-refractivity contribution in [3.8, 4) is 0 Å². The van der Waals surface area contributed by atoms with Gasteiger partial charge in [-0.05, 0) is 42.7 Å². The quantitative estimate of drug-likeness (QED) is 0.405. The van der Waals surface area contributed by atoms with Crippen molar-refractivity contribution in [2.75, 3.05) is 0 Å². The molecule has 0 unspecified atom stereocenters. The molecule has 0 bridgehead atoms. The summed E-state index contributed by atoms with van der Waals surface area (Å²) in [4.78, 5) is 19.1. The molecule has 0 aliphatic rings. The van der Waals surface area contributed by atoms with Crippen molar-refractivity contribution < 1.29 is 13.6 Å². The smallest absolute Gasteiger partial charge is 0.273 e. The SMILES string of the molecule is Cc1ccc(C)c(CN(Cc2ccccc2)Cc2nc(C(=O)NCc3ccco3)co2)c1. The highest BCUT2D eigenvalue weighted by atomic mass is 16.3. The van der Waals surface area contributed by atoms with E-state index in [9.17, 15) is 4.79 Å². The van der Waals surface area contributed by atoms with Gasteiger partial charge in [-0.2, -0.15) is 0 Å². The monoisotopic (exact) mass is 429 g/mol. The summed E-state index contributed by atoms with van der Waals surface area (Å²) in [6.45, 7) is 6.53. The van der Waals surface area contributed by atoms with Crippen LogP contribution in [0.4, 0.5) is 0 Å². The van der Waals surface area contributed by atoms with Crippen LogP contribution in [0.25, 0.3) is 0 Å². The first kappa shape index (κ1) is 21.6. The fraction of sp³-hybridized carbons (Fsp3) is 0.231.